The number of aromatic nitrogens is 6. The zero-order chi connectivity index (χ0) is 88.9. The second-order valence-corrected chi connectivity index (χ2v) is 37.3. The predicted molar refractivity (Wildman–Crippen MR) is 482 cm³/mol. The van der Waals surface area contributed by atoms with E-state index in [1.807, 2.05) is 48.5 Å². The van der Waals surface area contributed by atoms with Gasteiger partial charge in [-0.05, 0) is 237 Å². The molecule has 8 aromatic carbocycles. The number of carbonyl (C=O) groups excluding carboxylic acids is 5. The molecular weight excluding hydrogens is 1790 g/mol. The summed E-state index contributed by atoms with van der Waals surface area (Å²) >= 11 is 37.4. The second kappa shape index (κ2) is 42.1. The normalized spacial score (nSPS) is 11.5. The number of carbonyl (C=O) groups is 5. The Hall–Kier alpha value is -12.5. The average molecular weight is 1860 g/mol. The van der Waals surface area contributed by atoms with Crippen LogP contribution >= 0.6 is 69.6 Å². The van der Waals surface area contributed by atoms with Crippen molar-refractivity contribution in [1.29, 1.82) is 0 Å². The van der Waals surface area contributed by atoms with E-state index in [0.29, 0.717) is 110 Å². The molecule has 630 valence electrons. The standard InChI is InChI=1S/2C24H18ClN3O3S.C21H18Cl2N2O4S.C20H15Cl2N3O4S/c25-22-12-9-18(15-21(22)23-6-2-4-14-27-23)28-24(29)17-7-10-20(11-8-17)32(30,31)16-19-5-1-3-13-26-19;25-22-11-8-19(14-21(22)23-5-1-2-13-27-23)28-24(29)18-6-9-20(10-7-18)32(30,31)16-17-4-3-12-26-15-17;1-13(26)12-30(28,29)15-6-7-16(19(23)11-15)21(27)25-14-5-8-18(22)17(10-14)20-4-2-3-9-24-20;21-16-7-4-12(9-15(16)18-3-1-2-8-24-18)25-20(27)14-6-5-13(10-17(14)22)30(28,29)11-19(23)26/h2*1-15H,16H2,(H,28,29);2-11,13,26H,12H2,1H3,(H,25,27);1-10H,11H2,(H2,23,26)(H,25,27). The van der Waals surface area contributed by atoms with Gasteiger partial charge in [-0.15, -0.1) is 0 Å². The van der Waals surface area contributed by atoms with Crippen LogP contribution in [0.15, 0.2) is 324 Å². The van der Waals surface area contributed by atoms with Crippen LogP contribution in [0.2, 0.25) is 30.1 Å². The molecule has 1 unspecified atom stereocenters. The summed E-state index contributed by atoms with van der Waals surface area (Å²) in [6, 6.07) is 69.5. The van der Waals surface area contributed by atoms with Crippen molar-refractivity contribution < 1.29 is 62.8 Å². The van der Waals surface area contributed by atoms with Gasteiger partial charge in [0.25, 0.3) is 23.6 Å². The van der Waals surface area contributed by atoms with Crippen LogP contribution in [0, 0.1) is 0 Å². The molecule has 0 aliphatic rings. The van der Waals surface area contributed by atoms with Crippen LogP contribution in [-0.2, 0) is 55.6 Å². The number of primary amides is 1. The Kier molecular flexibility index (Phi) is 31.3. The van der Waals surface area contributed by atoms with E-state index in [4.69, 9.17) is 75.3 Å². The number of aliphatic hydroxyl groups excluding tert-OH is 1. The number of hydrogen-bond donors (Lipinski definition) is 6. The fourth-order valence-corrected chi connectivity index (χ4v) is 18.3. The molecule has 6 aromatic heterocycles. The van der Waals surface area contributed by atoms with E-state index < -0.39 is 74.7 Å². The van der Waals surface area contributed by atoms with Gasteiger partial charge in [-0.2, -0.15) is 0 Å². The summed E-state index contributed by atoms with van der Waals surface area (Å²) in [4.78, 5) is 86.7. The Morgan fingerprint density at radius 3 is 1.00 bits per heavy atom. The third-order valence-corrected chi connectivity index (χ3v) is 26.5. The van der Waals surface area contributed by atoms with Gasteiger partial charge in [0.05, 0.1) is 113 Å². The fraction of sp³-hybridized carbons (Fsp3) is 0.0674. The van der Waals surface area contributed by atoms with Gasteiger partial charge < -0.3 is 32.1 Å². The molecule has 0 aliphatic heterocycles. The van der Waals surface area contributed by atoms with E-state index in [9.17, 15) is 62.8 Å². The molecule has 0 fully saturated rings. The van der Waals surface area contributed by atoms with Gasteiger partial charge in [-0.1, -0.05) is 106 Å². The molecule has 0 radical (unpaired) electrons. The number of pyridine rings is 6. The number of nitrogens with two attached hydrogens (primary N) is 1. The Balaban J connectivity index is 0.000000161. The molecule has 35 heteroatoms. The largest absolute Gasteiger partial charge is 0.392 e. The van der Waals surface area contributed by atoms with E-state index in [1.165, 1.54) is 92.0 Å². The topological polar surface area (TPSA) is 394 Å². The monoisotopic (exact) mass is 1850 g/mol. The molecule has 25 nitrogen and oxygen atoms in total. The molecule has 0 saturated heterocycles. The number of rotatable bonds is 24. The SMILES string of the molecule is CC(O)CS(=O)(=O)c1ccc(C(=O)Nc2ccc(Cl)c(-c3ccccn3)c2)c(Cl)c1.NC(=O)CS(=O)(=O)c1ccc(C(=O)Nc2ccc(Cl)c(-c3ccccn3)c2)c(Cl)c1.O=C(Nc1ccc(Cl)c(-c2ccccn2)c1)c1ccc(S(=O)(=O)Cc2ccccn2)cc1.O=C(Nc1ccc(Cl)c(-c2ccccn2)c1)c1ccc(S(=O)(=O)Cc2cccnc2)cc1. The van der Waals surface area contributed by atoms with Crippen molar-refractivity contribution in [2.45, 2.75) is 44.1 Å². The number of hydrogen-bond acceptors (Lipinski definition) is 20. The lowest BCUT2D eigenvalue weighted by atomic mass is 10.1. The molecule has 0 aliphatic carbocycles. The van der Waals surface area contributed by atoms with Crippen LogP contribution in [0.5, 0.6) is 0 Å². The van der Waals surface area contributed by atoms with Crippen LogP contribution in [0.25, 0.3) is 45.0 Å². The van der Waals surface area contributed by atoms with Crippen molar-refractivity contribution in [1.82, 2.24) is 29.9 Å². The van der Waals surface area contributed by atoms with Crippen LogP contribution in [-0.4, -0.2) is 116 Å². The number of benzene rings is 8. The minimum Gasteiger partial charge on any atom is -0.392 e. The smallest absolute Gasteiger partial charge is 0.257 e. The van der Waals surface area contributed by atoms with Crippen LogP contribution in [0.4, 0.5) is 22.7 Å². The zero-order valence-electron chi connectivity index (χ0n) is 64.7. The van der Waals surface area contributed by atoms with Crippen molar-refractivity contribution >= 4 is 161 Å². The highest BCUT2D eigenvalue weighted by Crippen LogP contribution is 2.36. The maximum atomic E-state index is 12.7. The Morgan fingerprint density at radius 1 is 0.347 bits per heavy atom. The number of anilines is 4. The third-order valence-electron chi connectivity index (χ3n) is 17.6. The number of amides is 5. The molecule has 14 rings (SSSR count). The molecule has 6 heterocycles. The first-order chi connectivity index (χ1) is 59.2. The number of halogens is 6. The first-order valence-corrected chi connectivity index (χ1v) is 45.6. The van der Waals surface area contributed by atoms with Crippen molar-refractivity contribution in [2.75, 3.05) is 32.8 Å². The quantitative estimate of drug-likeness (QED) is 0.0327. The first kappa shape index (κ1) is 92.2. The van der Waals surface area contributed by atoms with E-state index in [2.05, 4.69) is 51.2 Å². The molecule has 124 heavy (non-hydrogen) atoms. The number of sulfone groups is 4. The lowest BCUT2D eigenvalue weighted by Gasteiger charge is -2.11. The fourth-order valence-electron chi connectivity index (χ4n) is 11.7. The van der Waals surface area contributed by atoms with Crippen LogP contribution in [0.3, 0.4) is 0 Å². The van der Waals surface area contributed by atoms with Crippen molar-refractivity contribution in [3.8, 4) is 45.0 Å². The van der Waals surface area contributed by atoms with Gasteiger partial charge in [-0.25, -0.2) is 33.7 Å². The van der Waals surface area contributed by atoms with E-state index in [0.717, 1.165) is 6.07 Å². The van der Waals surface area contributed by atoms with Gasteiger partial charge in [0.2, 0.25) is 5.91 Å². The van der Waals surface area contributed by atoms with Gasteiger partial charge in [0.1, 0.15) is 5.75 Å². The molecular formula is C89H69Cl6N11O14S4. The molecule has 0 bridgehead atoms. The third kappa shape index (κ3) is 25.4. The molecule has 7 N–H and O–H groups in total. The van der Waals surface area contributed by atoms with Gasteiger partial charge in [0, 0.05) is 99.5 Å². The van der Waals surface area contributed by atoms with Gasteiger partial charge >= 0.3 is 0 Å². The lowest BCUT2D eigenvalue weighted by molar-refractivity contribution is -0.115. The Labute approximate surface area is 743 Å². The second-order valence-electron chi connectivity index (χ2n) is 26.8. The average Bonchev–Trinajstić information content (AvgIpc) is 0.777. The highest BCUT2D eigenvalue weighted by Gasteiger charge is 2.25. The van der Waals surface area contributed by atoms with Gasteiger partial charge in [0.15, 0.2) is 39.3 Å². The molecule has 14 aromatic rings. The van der Waals surface area contributed by atoms with Crippen LogP contribution < -0.4 is 27.0 Å². The number of nitrogens with zero attached hydrogens (tertiary/aromatic N) is 6. The number of aliphatic hydroxyl groups is 1. The number of nitrogens with one attached hydrogen (secondary N) is 4. The Morgan fingerprint density at radius 2 is 0.685 bits per heavy atom. The lowest BCUT2D eigenvalue weighted by Crippen LogP contribution is -2.23. The van der Waals surface area contributed by atoms with Gasteiger partial charge in [-0.3, -0.25) is 53.9 Å². The zero-order valence-corrected chi connectivity index (χ0v) is 72.5. The maximum absolute atomic E-state index is 12.7. The predicted octanol–water partition coefficient (Wildman–Crippen LogP) is 18.1. The summed E-state index contributed by atoms with van der Waals surface area (Å²) in [5, 5.41) is 22.3. The summed E-state index contributed by atoms with van der Waals surface area (Å²) < 4.78 is 99.2. The minimum absolute atomic E-state index is 0.0157. The van der Waals surface area contributed by atoms with Crippen molar-refractivity contribution in [2.24, 2.45) is 5.73 Å². The van der Waals surface area contributed by atoms with E-state index in [1.54, 1.807) is 165 Å². The highest BCUT2D eigenvalue weighted by atomic mass is 35.5. The summed E-state index contributed by atoms with van der Waals surface area (Å²) in [5.74, 6) is -4.43. The van der Waals surface area contributed by atoms with Crippen LogP contribution in [0.1, 0.15) is 59.6 Å². The van der Waals surface area contributed by atoms with E-state index >= 15 is 0 Å². The minimum atomic E-state index is -3.94. The first-order valence-electron chi connectivity index (χ1n) is 36.7. The van der Waals surface area contributed by atoms with Crippen molar-refractivity contribution in [3.63, 3.8) is 0 Å². The van der Waals surface area contributed by atoms with E-state index in [-0.39, 0.29) is 64.1 Å². The summed E-state index contributed by atoms with van der Waals surface area (Å²) in [5.41, 5.74) is 14.2. The molecule has 0 spiro atoms. The molecule has 0 saturated carbocycles. The molecule has 5 amide bonds. The maximum Gasteiger partial charge on any atom is 0.257 e. The highest BCUT2D eigenvalue weighted by molar-refractivity contribution is 7.92. The summed E-state index contributed by atoms with van der Waals surface area (Å²) in [6.07, 6.45) is 10.2. The molecule has 1 atom stereocenters. The Bertz CT molecular complexity index is 6510. The van der Waals surface area contributed by atoms with Crippen molar-refractivity contribution in [3.05, 3.63) is 368 Å². The summed E-state index contributed by atoms with van der Waals surface area (Å²) in [7, 11) is -14.8. The summed E-state index contributed by atoms with van der Waals surface area (Å²) in [6.45, 7) is 1.38.